The smallest absolute Gasteiger partial charge is 0.288 e. The van der Waals surface area contributed by atoms with Crippen LogP contribution >= 0.6 is 11.8 Å². The molecule has 0 unspecified atom stereocenters. The van der Waals surface area contributed by atoms with Crippen LogP contribution in [0.2, 0.25) is 0 Å². The molecule has 0 amide bonds. The zero-order valence-corrected chi connectivity index (χ0v) is 9.07. The van der Waals surface area contributed by atoms with Gasteiger partial charge in [-0.05, 0) is 37.2 Å². The lowest BCUT2D eigenvalue weighted by Crippen LogP contribution is -2.08. The molecule has 2 nitrogen and oxygen atoms in total. The maximum Gasteiger partial charge on any atom is 0.288 e. The van der Waals surface area contributed by atoms with Gasteiger partial charge in [-0.2, -0.15) is 8.78 Å². The van der Waals surface area contributed by atoms with E-state index in [9.17, 15) is 8.78 Å². The molecule has 0 aliphatic heterocycles. The van der Waals surface area contributed by atoms with E-state index >= 15 is 0 Å². The van der Waals surface area contributed by atoms with Gasteiger partial charge in [-0.1, -0.05) is 11.8 Å². The molecule has 0 aromatic heterocycles. The summed E-state index contributed by atoms with van der Waals surface area (Å²) in [6, 6.07) is 6.95. The van der Waals surface area contributed by atoms with Crippen LogP contribution in [0, 0.1) is 0 Å². The summed E-state index contributed by atoms with van der Waals surface area (Å²) in [5.74, 6) is -2.36. The second-order valence-corrected chi connectivity index (χ2v) is 4.04. The predicted octanol–water partition coefficient (Wildman–Crippen LogP) is 2.76. The molecule has 1 aromatic carbocycles. The molecule has 0 fully saturated rings. The van der Waals surface area contributed by atoms with Crippen molar-refractivity contribution in [1.29, 1.82) is 0 Å². The van der Waals surface area contributed by atoms with Gasteiger partial charge in [-0.25, -0.2) is 0 Å². The molecule has 0 aliphatic rings. The second kappa shape index (κ2) is 6.63. The number of nitrogens with two attached hydrogens (primary N) is 1. The first-order chi connectivity index (χ1) is 7.22. The average molecular weight is 232 g/mol. The van der Waals surface area contributed by atoms with Crippen LogP contribution in [0.1, 0.15) is 6.42 Å². The Morgan fingerprint density at radius 2 is 1.93 bits per heavy atom. The van der Waals surface area contributed by atoms with E-state index < -0.39 is 5.76 Å². The van der Waals surface area contributed by atoms with Gasteiger partial charge >= 0.3 is 0 Å². The van der Waals surface area contributed by atoms with Crippen molar-refractivity contribution in [3.8, 4) is 0 Å². The van der Waals surface area contributed by atoms with Crippen LogP contribution in [-0.2, 0) is 0 Å². The van der Waals surface area contributed by atoms with E-state index in [1.165, 1.54) is 0 Å². The molecule has 84 valence electrons. The fourth-order valence-electron chi connectivity index (χ4n) is 1.09. The number of anilines is 1. The molecule has 0 heterocycles. The average Bonchev–Trinajstić information content (AvgIpc) is 2.20. The highest BCUT2D eigenvalue weighted by atomic mass is 32.2. The minimum Gasteiger partial charge on any atom is -0.385 e. The van der Waals surface area contributed by atoms with Crippen molar-refractivity contribution in [3.63, 3.8) is 0 Å². The Labute approximate surface area is 92.2 Å². The van der Waals surface area contributed by atoms with Gasteiger partial charge in [0.2, 0.25) is 0 Å². The summed E-state index contributed by atoms with van der Waals surface area (Å²) in [7, 11) is 0. The molecule has 0 saturated carbocycles. The third-order valence-corrected chi connectivity index (χ3v) is 2.51. The minimum atomic E-state index is -2.36. The molecule has 0 radical (unpaired) electrons. The normalized spacial score (nSPS) is 10.7. The van der Waals surface area contributed by atoms with E-state index in [4.69, 9.17) is 5.73 Å². The molecule has 15 heavy (non-hydrogen) atoms. The van der Waals surface area contributed by atoms with Gasteiger partial charge in [0.1, 0.15) is 0 Å². The Bertz CT molecular complexity index is 277. The number of rotatable bonds is 6. The monoisotopic (exact) mass is 232 g/mol. The Kier molecular flexibility index (Phi) is 5.42. The van der Waals surface area contributed by atoms with Crippen molar-refractivity contribution in [2.45, 2.75) is 17.1 Å². The number of benzene rings is 1. The summed E-state index contributed by atoms with van der Waals surface area (Å²) in [4.78, 5) is 0.578. The van der Waals surface area contributed by atoms with E-state index in [1.54, 1.807) is 24.3 Å². The predicted molar refractivity (Wildman–Crippen MR) is 60.5 cm³/mol. The molecule has 0 atom stereocenters. The zero-order chi connectivity index (χ0) is 11.1. The molecule has 0 aliphatic carbocycles. The number of halogens is 2. The maximum absolute atomic E-state index is 12.0. The van der Waals surface area contributed by atoms with Gasteiger partial charge in [0.15, 0.2) is 0 Å². The quantitative estimate of drug-likeness (QED) is 0.585. The number of alkyl halides is 2. The highest BCUT2D eigenvalue weighted by Crippen LogP contribution is 2.25. The summed E-state index contributed by atoms with van der Waals surface area (Å²) in [6.45, 7) is 1.45. The number of thioether (sulfide) groups is 1. The van der Waals surface area contributed by atoms with E-state index in [2.05, 4.69) is 5.32 Å². The second-order valence-electron chi connectivity index (χ2n) is 2.97. The molecular formula is C10H14F2N2S. The summed E-state index contributed by atoms with van der Waals surface area (Å²) in [5, 5.41) is 3.15. The van der Waals surface area contributed by atoms with Crippen molar-refractivity contribution in [3.05, 3.63) is 24.3 Å². The van der Waals surface area contributed by atoms with Gasteiger partial charge in [0.25, 0.3) is 5.76 Å². The van der Waals surface area contributed by atoms with E-state index in [0.717, 1.165) is 18.7 Å². The van der Waals surface area contributed by atoms with Crippen molar-refractivity contribution in [1.82, 2.24) is 0 Å². The van der Waals surface area contributed by atoms with E-state index in [-0.39, 0.29) is 0 Å². The van der Waals surface area contributed by atoms with E-state index in [1.807, 2.05) is 0 Å². The van der Waals surface area contributed by atoms with Gasteiger partial charge in [-0.15, -0.1) is 0 Å². The Hall–Kier alpha value is -0.810. The van der Waals surface area contributed by atoms with Crippen LogP contribution in [0.3, 0.4) is 0 Å². The highest BCUT2D eigenvalue weighted by Gasteiger charge is 2.04. The van der Waals surface area contributed by atoms with Crippen LogP contribution in [0.4, 0.5) is 14.5 Å². The van der Waals surface area contributed by atoms with Crippen LogP contribution in [0.15, 0.2) is 29.2 Å². The first-order valence-corrected chi connectivity index (χ1v) is 5.59. The van der Waals surface area contributed by atoms with Gasteiger partial charge < -0.3 is 11.1 Å². The Morgan fingerprint density at radius 3 is 2.47 bits per heavy atom. The third-order valence-electron chi connectivity index (χ3n) is 1.79. The summed E-state index contributed by atoms with van der Waals surface area (Å²) >= 11 is 0.554. The lowest BCUT2D eigenvalue weighted by atomic mass is 10.3. The van der Waals surface area contributed by atoms with Gasteiger partial charge in [0.05, 0.1) is 0 Å². The summed E-state index contributed by atoms with van der Waals surface area (Å²) in [5.41, 5.74) is 6.28. The molecular weight excluding hydrogens is 218 g/mol. The maximum atomic E-state index is 12.0. The number of nitrogens with one attached hydrogen (secondary N) is 1. The topological polar surface area (TPSA) is 38.0 Å². The van der Waals surface area contributed by atoms with Crippen LogP contribution in [0.25, 0.3) is 0 Å². The Balaban J connectivity index is 2.42. The first kappa shape index (κ1) is 12.3. The molecule has 1 aromatic rings. The molecule has 0 bridgehead atoms. The largest absolute Gasteiger partial charge is 0.385 e. The first-order valence-electron chi connectivity index (χ1n) is 4.71. The van der Waals surface area contributed by atoms with Crippen molar-refractivity contribution in [2.75, 3.05) is 18.4 Å². The third kappa shape index (κ3) is 4.99. The van der Waals surface area contributed by atoms with Crippen LogP contribution in [0.5, 0.6) is 0 Å². The molecule has 0 spiro atoms. The van der Waals surface area contributed by atoms with Crippen molar-refractivity contribution < 1.29 is 8.78 Å². The minimum absolute atomic E-state index is 0.554. The molecule has 5 heteroatoms. The molecule has 3 N–H and O–H groups in total. The highest BCUT2D eigenvalue weighted by molar-refractivity contribution is 7.99. The fraction of sp³-hybridized carbons (Fsp3) is 0.400. The van der Waals surface area contributed by atoms with Crippen molar-refractivity contribution in [2.24, 2.45) is 5.73 Å². The lowest BCUT2D eigenvalue weighted by molar-refractivity contribution is 0.252. The number of hydrogen-bond acceptors (Lipinski definition) is 3. The molecule has 1 rings (SSSR count). The van der Waals surface area contributed by atoms with Gasteiger partial charge in [0, 0.05) is 17.1 Å². The lowest BCUT2D eigenvalue weighted by Gasteiger charge is -2.06. The summed E-state index contributed by atoms with van der Waals surface area (Å²) < 4.78 is 24.0. The summed E-state index contributed by atoms with van der Waals surface area (Å²) in [6.07, 6.45) is 0.896. The van der Waals surface area contributed by atoms with Crippen LogP contribution < -0.4 is 11.1 Å². The standard InChI is InChI=1S/C10H14F2N2S/c11-10(12)15-9-4-2-8(3-5-9)14-7-1-6-13/h2-5,10,14H,1,6-7,13H2. The SMILES string of the molecule is NCCCNc1ccc(SC(F)F)cc1. The van der Waals surface area contributed by atoms with Crippen molar-refractivity contribution >= 4 is 17.4 Å². The number of hydrogen-bond donors (Lipinski definition) is 2. The van der Waals surface area contributed by atoms with E-state index in [0.29, 0.717) is 23.2 Å². The fourth-order valence-corrected chi connectivity index (χ4v) is 1.59. The Morgan fingerprint density at radius 1 is 1.27 bits per heavy atom. The zero-order valence-electron chi connectivity index (χ0n) is 8.25. The van der Waals surface area contributed by atoms with Crippen LogP contribution in [-0.4, -0.2) is 18.8 Å². The molecule has 0 saturated heterocycles. The van der Waals surface area contributed by atoms with Gasteiger partial charge in [-0.3, -0.25) is 0 Å².